The van der Waals surface area contributed by atoms with E-state index in [4.69, 9.17) is 4.74 Å². The number of nitrogens with zero attached hydrogens (tertiary/aromatic N) is 2. The van der Waals surface area contributed by atoms with Crippen LogP contribution < -0.4 is 9.62 Å². The molecule has 4 rings (SSSR count). The Morgan fingerprint density at radius 1 is 1.03 bits per heavy atom. The molecule has 3 unspecified atom stereocenters. The van der Waals surface area contributed by atoms with Crippen LogP contribution in [-0.4, -0.2) is 63.6 Å². The number of carboxylic acids is 1. The number of hydrogen-bond acceptors (Lipinski definition) is 5. The van der Waals surface area contributed by atoms with Crippen molar-refractivity contribution < 1.29 is 23.4 Å². The van der Waals surface area contributed by atoms with Crippen LogP contribution in [0.15, 0.2) is 78.9 Å². The van der Waals surface area contributed by atoms with Gasteiger partial charge in [-0.2, -0.15) is 0 Å². The lowest BCUT2D eigenvalue weighted by molar-refractivity contribution is -0.137. The summed E-state index contributed by atoms with van der Waals surface area (Å²) in [6.07, 6.45) is -0.313. The molecule has 3 atom stereocenters. The topological polar surface area (TPSA) is 102 Å². The average molecular weight is 538 g/mol. The third kappa shape index (κ3) is 7.72. The summed E-state index contributed by atoms with van der Waals surface area (Å²) in [7, 11) is 0. The molecule has 3 aromatic carbocycles. The second-order valence-corrected chi connectivity index (χ2v) is 10.4. The van der Waals surface area contributed by atoms with Gasteiger partial charge in [0.2, 0.25) is 0 Å². The normalized spacial score (nSPS) is 16.5. The van der Waals surface area contributed by atoms with E-state index in [2.05, 4.69) is 29.3 Å². The molecule has 0 radical (unpaired) electrons. The lowest BCUT2D eigenvalue weighted by atomic mass is 10.0. The van der Waals surface area contributed by atoms with Crippen molar-refractivity contribution in [1.82, 2.24) is 10.2 Å². The van der Waals surface area contributed by atoms with Crippen LogP contribution in [-0.2, 0) is 27.3 Å². The van der Waals surface area contributed by atoms with Gasteiger partial charge in [-0.25, -0.2) is 4.21 Å². The Bertz CT molecular complexity index is 1200. The van der Waals surface area contributed by atoms with Crippen LogP contribution in [0, 0.1) is 0 Å². The van der Waals surface area contributed by atoms with Crippen molar-refractivity contribution in [2.24, 2.45) is 0 Å². The van der Waals surface area contributed by atoms with Crippen LogP contribution in [0.1, 0.15) is 30.5 Å². The highest BCUT2D eigenvalue weighted by atomic mass is 32.2. The third-order valence-corrected chi connectivity index (χ3v) is 7.48. The molecule has 1 heterocycles. The van der Waals surface area contributed by atoms with Gasteiger partial charge in [-0.1, -0.05) is 66.7 Å². The van der Waals surface area contributed by atoms with Gasteiger partial charge < -0.3 is 15.2 Å². The molecule has 0 bridgehead atoms. The number of anilines is 1. The van der Waals surface area contributed by atoms with Crippen molar-refractivity contribution >= 4 is 22.9 Å². The van der Waals surface area contributed by atoms with Crippen molar-refractivity contribution in [2.75, 3.05) is 37.2 Å². The summed E-state index contributed by atoms with van der Waals surface area (Å²) in [6.45, 7) is 7.49. The van der Waals surface area contributed by atoms with Gasteiger partial charge in [-0.15, -0.1) is 0 Å². The maximum Gasteiger partial charge on any atom is 0.305 e. The van der Waals surface area contributed by atoms with E-state index in [1.165, 1.54) is 9.87 Å². The number of carboxylic acid groups (broad SMARTS) is 1. The summed E-state index contributed by atoms with van der Waals surface area (Å²) in [5.74, 6) is -1.05. The van der Waals surface area contributed by atoms with E-state index in [0.717, 1.165) is 50.5 Å². The molecule has 1 fully saturated rings. The Hall–Kier alpha value is -3.08. The fourth-order valence-corrected chi connectivity index (χ4v) is 5.43. The first-order chi connectivity index (χ1) is 18.4. The zero-order chi connectivity index (χ0) is 26.9. The molecule has 1 saturated heterocycles. The predicted octanol–water partition coefficient (Wildman–Crippen LogP) is 4.32. The summed E-state index contributed by atoms with van der Waals surface area (Å²) < 4.78 is 29.3. The highest BCUT2D eigenvalue weighted by Gasteiger charge is 2.28. The van der Waals surface area contributed by atoms with Crippen molar-refractivity contribution in [3.8, 4) is 11.1 Å². The molecule has 0 saturated carbocycles. The van der Waals surface area contributed by atoms with E-state index >= 15 is 0 Å². The van der Waals surface area contributed by atoms with E-state index in [0.29, 0.717) is 17.3 Å². The van der Waals surface area contributed by atoms with Crippen LogP contribution >= 0.6 is 0 Å². The van der Waals surface area contributed by atoms with Gasteiger partial charge >= 0.3 is 5.97 Å². The lowest BCUT2D eigenvalue weighted by Gasteiger charge is -2.29. The smallest absolute Gasteiger partial charge is 0.305 e. The lowest BCUT2D eigenvalue weighted by Crippen LogP contribution is -2.44. The Labute approximate surface area is 226 Å². The Morgan fingerprint density at radius 2 is 1.74 bits per heavy atom. The molecule has 9 heteroatoms. The second-order valence-electron chi connectivity index (χ2n) is 9.52. The number of benzene rings is 3. The predicted molar refractivity (Wildman–Crippen MR) is 150 cm³/mol. The van der Waals surface area contributed by atoms with E-state index in [1.54, 1.807) is 30.3 Å². The number of hydrogen-bond donors (Lipinski definition) is 3. The largest absolute Gasteiger partial charge is 0.481 e. The van der Waals surface area contributed by atoms with Crippen molar-refractivity contribution in [3.63, 3.8) is 0 Å². The molecule has 38 heavy (non-hydrogen) atoms. The standard InChI is InChI=1S/C29H35N3O5S/c1-22(21-31-14-16-37-17-15-31)30-20-23-10-12-24(13-11-23)26-8-5-9-27(18-26)32(38(35)36)28(19-29(33)34)25-6-3-2-4-7-25/h2-13,18,22,28,30H,14-17,19-21H2,1H3,(H,33,34)(H,35,36). The maximum atomic E-state index is 12.5. The summed E-state index contributed by atoms with van der Waals surface area (Å²) in [6, 6.07) is 24.0. The van der Waals surface area contributed by atoms with Gasteiger partial charge in [-0.3, -0.25) is 18.6 Å². The summed E-state index contributed by atoms with van der Waals surface area (Å²) in [5.41, 5.74) is 4.14. The third-order valence-electron chi connectivity index (χ3n) is 6.68. The molecule has 3 aromatic rings. The van der Waals surface area contributed by atoms with Crippen molar-refractivity contribution in [1.29, 1.82) is 0 Å². The molecule has 8 nitrogen and oxygen atoms in total. The average Bonchev–Trinajstić information content (AvgIpc) is 2.93. The number of ether oxygens (including phenoxy) is 1. The van der Waals surface area contributed by atoms with Crippen molar-refractivity contribution in [3.05, 3.63) is 90.0 Å². The van der Waals surface area contributed by atoms with Gasteiger partial charge in [0, 0.05) is 32.2 Å². The Morgan fingerprint density at radius 3 is 2.39 bits per heavy atom. The molecule has 1 aliphatic rings. The van der Waals surface area contributed by atoms with Crippen LogP contribution in [0.25, 0.3) is 11.1 Å². The van der Waals surface area contributed by atoms with Crippen LogP contribution in [0.3, 0.4) is 0 Å². The molecule has 202 valence electrons. The van der Waals surface area contributed by atoms with E-state index in [-0.39, 0.29) is 6.42 Å². The fraction of sp³-hybridized carbons (Fsp3) is 0.345. The van der Waals surface area contributed by atoms with Crippen LogP contribution in [0.4, 0.5) is 5.69 Å². The number of morpholine rings is 1. The van der Waals surface area contributed by atoms with Crippen molar-refractivity contribution in [2.45, 2.75) is 32.0 Å². The number of rotatable bonds is 12. The minimum Gasteiger partial charge on any atom is -0.481 e. The Balaban J connectivity index is 1.47. The quantitative estimate of drug-likeness (QED) is 0.296. The van der Waals surface area contributed by atoms with Crippen LogP contribution in [0.2, 0.25) is 0 Å². The maximum absolute atomic E-state index is 12.5. The molecule has 0 aliphatic carbocycles. The zero-order valence-electron chi connectivity index (χ0n) is 21.5. The first kappa shape index (κ1) is 27.9. The molecular formula is C29H35N3O5S. The molecule has 0 amide bonds. The first-order valence-corrected chi connectivity index (χ1v) is 13.9. The van der Waals surface area contributed by atoms with Gasteiger partial charge in [0.05, 0.1) is 31.4 Å². The first-order valence-electron chi connectivity index (χ1n) is 12.8. The highest BCUT2D eigenvalue weighted by molar-refractivity contribution is 7.80. The van der Waals surface area contributed by atoms with Gasteiger partial charge in [0.1, 0.15) is 0 Å². The number of carbonyl (C=O) groups is 1. The van der Waals surface area contributed by atoms with Crippen LogP contribution in [0.5, 0.6) is 0 Å². The molecular weight excluding hydrogens is 502 g/mol. The summed E-state index contributed by atoms with van der Waals surface area (Å²) in [5, 5.41) is 13.1. The monoisotopic (exact) mass is 537 g/mol. The highest BCUT2D eigenvalue weighted by Crippen LogP contribution is 2.33. The Kier molecular flexibility index (Phi) is 10.0. The van der Waals surface area contributed by atoms with E-state index in [9.17, 15) is 18.7 Å². The van der Waals surface area contributed by atoms with E-state index in [1.807, 2.05) is 36.4 Å². The minimum absolute atomic E-state index is 0.313. The molecule has 0 spiro atoms. The second kappa shape index (κ2) is 13.6. The molecule has 1 aliphatic heterocycles. The SMILES string of the molecule is CC(CN1CCOCC1)NCc1ccc(-c2cccc(N(C(CC(=O)O)c3ccccc3)S(=O)O)c2)cc1. The molecule has 3 N–H and O–H groups in total. The van der Waals surface area contributed by atoms with Gasteiger partial charge in [0.25, 0.3) is 11.3 Å². The minimum atomic E-state index is -2.43. The fourth-order valence-electron chi connectivity index (χ4n) is 4.72. The number of aliphatic carboxylic acids is 1. The van der Waals surface area contributed by atoms with Gasteiger partial charge in [-0.05, 0) is 41.3 Å². The van der Waals surface area contributed by atoms with Gasteiger partial charge in [0.15, 0.2) is 0 Å². The zero-order valence-corrected chi connectivity index (χ0v) is 22.3. The summed E-state index contributed by atoms with van der Waals surface area (Å²) in [4.78, 5) is 14.1. The number of nitrogens with one attached hydrogen (secondary N) is 1. The summed E-state index contributed by atoms with van der Waals surface area (Å²) >= 11 is -2.43. The molecule has 0 aromatic heterocycles. The van der Waals surface area contributed by atoms with E-state index < -0.39 is 23.3 Å².